The van der Waals surface area contributed by atoms with Gasteiger partial charge in [0.05, 0.1) is 6.54 Å². The van der Waals surface area contributed by atoms with E-state index in [0.717, 1.165) is 29.8 Å². The third-order valence-corrected chi connectivity index (χ3v) is 2.98. The van der Waals surface area contributed by atoms with Gasteiger partial charge in [-0.2, -0.15) is 4.98 Å². The van der Waals surface area contributed by atoms with Crippen LogP contribution in [0.15, 0.2) is 15.7 Å². The monoisotopic (exact) mass is 294 g/mol. The standard InChI is InChI=1S/C12H18N6OS/c1-4-5-13-9-6-10(17-12(16-9)20-3)14-7-11-15-8(2)18-19-11/h6H,4-5,7H2,1-3H3,(H2,13,14,16,17). The van der Waals surface area contributed by atoms with Gasteiger partial charge in [0, 0.05) is 12.6 Å². The minimum absolute atomic E-state index is 0.443. The zero-order valence-electron chi connectivity index (χ0n) is 11.8. The van der Waals surface area contributed by atoms with E-state index in [-0.39, 0.29) is 0 Å². The van der Waals surface area contributed by atoms with Gasteiger partial charge in [-0.05, 0) is 19.6 Å². The summed E-state index contributed by atoms with van der Waals surface area (Å²) in [5.41, 5.74) is 0. The molecule has 20 heavy (non-hydrogen) atoms. The van der Waals surface area contributed by atoms with Crippen molar-refractivity contribution in [1.29, 1.82) is 0 Å². The first-order chi connectivity index (χ1) is 9.71. The highest BCUT2D eigenvalue weighted by Gasteiger charge is 2.06. The number of thioether (sulfide) groups is 1. The van der Waals surface area contributed by atoms with Crippen LogP contribution in [0.3, 0.4) is 0 Å². The van der Waals surface area contributed by atoms with Crippen molar-refractivity contribution in [3.8, 4) is 0 Å². The van der Waals surface area contributed by atoms with E-state index in [4.69, 9.17) is 4.52 Å². The third-order valence-electron chi connectivity index (χ3n) is 2.43. The van der Waals surface area contributed by atoms with Crippen molar-refractivity contribution in [1.82, 2.24) is 20.1 Å². The van der Waals surface area contributed by atoms with E-state index in [2.05, 4.69) is 37.7 Å². The second-order valence-corrected chi connectivity index (χ2v) is 4.91. The summed E-state index contributed by atoms with van der Waals surface area (Å²) in [5.74, 6) is 2.71. The fraction of sp³-hybridized carbons (Fsp3) is 0.500. The zero-order valence-corrected chi connectivity index (χ0v) is 12.6. The van der Waals surface area contributed by atoms with E-state index in [9.17, 15) is 0 Å². The van der Waals surface area contributed by atoms with E-state index in [0.29, 0.717) is 18.3 Å². The molecule has 2 rings (SSSR count). The lowest BCUT2D eigenvalue weighted by Gasteiger charge is -2.09. The van der Waals surface area contributed by atoms with Crippen LogP contribution < -0.4 is 10.6 Å². The Hall–Kier alpha value is -1.83. The molecule has 2 heterocycles. The van der Waals surface area contributed by atoms with Crippen LogP contribution in [0.25, 0.3) is 0 Å². The molecule has 0 atom stereocenters. The van der Waals surface area contributed by atoms with Crippen LogP contribution in [0.1, 0.15) is 25.1 Å². The molecular weight excluding hydrogens is 276 g/mol. The van der Waals surface area contributed by atoms with Gasteiger partial charge >= 0.3 is 0 Å². The number of hydrogen-bond donors (Lipinski definition) is 2. The molecule has 0 saturated heterocycles. The van der Waals surface area contributed by atoms with Crippen molar-refractivity contribution in [2.75, 3.05) is 23.4 Å². The predicted octanol–water partition coefficient (Wildman–Crippen LogP) is 2.32. The number of nitrogens with zero attached hydrogens (tertiary/aromatic N) is 4. The van der Waals surface area contributed by atoms with Gasteiger partial charge in [0.2, 0.25) is 5.89 Å². The number of nitrogens with one attached hydrogen (secondary N) is 2. The van der Waals surface area contributed by atoms with Crippen molar-refractivity contribution in [3.63, 3.8) is 0 Å². The number of hydrogen-bond acceptors (Lipinski definition) is 8. The molecule has 0 aliphatic rings. The minimum Gasteiger partial charge on any atom is -0.370 e. The summed E-state index contributed by atoms with van der Waals surface area (Å²) in [5, 5.41) is 10.9. The average Bonchev–Trinajstić information content (AvgIpc) is 2.88. The Labute approximate surface area is 122 Å². The molecule has 0 aliphatic heterocycles. The Balaban J connectivity index is 2.05. The van der Waals surface area contributed by atoms with Gasteiger partial charge in [0.15, 0.2) is 11.0 Å². The van der Waals surface area contributed by atoms with E-state index < -0.39 is 0 Å². The normalized spacial score (nSPS) is 10.6. The van der Waals surface area contributed by atoms with Crippen molar-refractivity contribution in [2.24, 2.45) is 0 Å². The molecule has 2 aromatic heterocycles. The van der Waals surface area contributed by atoms with Crippen LogP contribution in [0.5, 0.6) is 0 Å². The molecule has 0 bridgehead atoms. The fourth-order valence-electron chi connectivity index (χ4n) is 1.53. The van der Waals surface area contributed by atoms with Crippen LogP contribution in [0, 0.1) is 6.92 Å². The minimum atomic E-state index is 0.443. The molecule has 8 heteroatoms. The van der Waals surface area contributed by atoms with Gasteiger partial charge in [-0.25, -0.2) is 9.97 Å². The maximum atomic E-state index is 5.05. The summed E-state index contributed by atoms with van der Waals surface area (Å²) in [6.45, 7) is 5.23. The van der Waals surface area contributed by atoms with E-state index in [1.807, 2.05) is 12.3 Å². The number of rotatable bonds is 7. The first kappa shape index (κ1) is 14.6. The molecule has 0 unspecified atom stereocenters. The van der Waals surface area contributed by atoms with Crippen molar-refractivity contribution in [2.45, 2.75) is 32.0 Å². The lowest BCUT2D eigenvalue weighted by atomic mass is 10.4. The molecule has 0 amide bonds. The van der Waals surface area contributed by atoms with Crippen LogP contribution in [-0.2, 0) is 6.54 Å². The van der Waals surface area contributed by atoms with Gasteiger partial charge in [-0.3, -0.25) is 0 Å². The van der Waals surface area contributed by atoms with Crippen molar-refractivity contribution in [3.05, 3.63) is 17.8 Å². The lowest BCUT2D eigenvalue weighted by Crippen LogP contribution is -2.07. The Morgan fingerprint density at radius 3 is 2.55 bits per heavy atom. The maximum Gasteiger partial charge on any atom is 0.245 e. The molecule has 0 fully saturated rings. The largest absolute Gasteiger partial charge is 0.370 e. The smallest absolute Gasteiger partial charge is 0.245 e. The van der Waals surface area contributed by atoms with Crippen LogP contribution in [0.4, 0.5) is 11.6 Å². The van der Waals surface area contributed by atoms with Crippen molar-refractivity contribution >= 4 is 23.4 Å². The summed E-state index contributed by atoms with van der Waals surface area (Å²) < 4.78 is 5.05. The van der Waals surface area contributed by atoms with Crippen molar-refractivity contribution < 1.29 is 4.52 Å². The topological polar surface area (TPSA) is 88.8 Å². The molecule has 0 saturated carbocycles. The zero-order chi connectivity index (χ0) is 14.4. The van der Waals surface area contributed by atoms with Gasteiger partial charge < -0.3 is 15.2 Å². The van der Waals surface area contributed by atoms with Gasteiger partial charge in [-0.15, -0.1) is 0 Å². The molecule has 0 spiro atoms. The number of aromatic nitrogens is 4. The molecule has 7 nitrogen and oxygen atoms in total. The third kappa shape index (κ3) is 4.09. The van der Waals surface area contributed by atoms with Crippen LogP contribution >= 0.6 is 11.8 Å². The second-order valence-electron chi connectivity index (χ2n) is 4.14. The summed E-state index contributed by atoms with van der Waals surface area (Å²) in [4.78, 5) is 12.9. The summed E-state index contributed by atoms with van der Waals surface area (Å²) >= 11 is 1.50. The van der Waals surface area contributed by atoms with Gasteiger partial charge in [0.1, 0.15) is 11.6 Å². The Morgan fingerprint density at radius 2 is 1.95 bits per heavy atom. The SMILES string of the molecule is CCCNc1cc(NCc2nc(C)no2)nc(SC)n1. The fourth-order valence-corrected chi connectivity index (χ4v) is 1.91. The molecule has 0 aliphatic carbocycles. The predicted molar refractivity (Wildman–Crippen MR) is 79.0 cm³/mol. The average molecular weight is 294 g/mol. The molecule has 0 aromatic carbocycles. The lowest BCUT2D eigenvalue weighted by molar-refractivity contribution is 0.379. The van der Waals surface area contributed by atoms with Gasteiger partial charge in [0.25, 0.3) is 0 Å². The van der Waals surface area contributed by atoms with E-state index in [1.54, 1.807) is 6.92 Å². The molecular formula is C12H18N6OS. The Bertz CT molecular complexity index is 559. The molecule has 2 N–H and O–H groups in total. The summed E-state index contributed by atoms with van der Waals surface area (Å²) in [6, 6.07) is 1.87. The first-order valence-electron chi connectivity index (χ1n) is 6.41. The highest BCUT2D eigenvalue weighted by atomic mass is 32.2. The van der Waals surface area contributed by atoms with Crippen LogP contribution in [-0.4, -0.2) is 32.9 Å². The first-order valence-corrected chi connectivity index (χ1v) is 7.63. The quantitative estimate of drug-likeness (QED) is 0.594. The second kappa shape index (κ2) is 7.09. The number of aryl methyl sites for hydroxylation is 1. The molecule has 0 radical (unpaired) electrons. The highest BCUT2D eigenvalue weighted by molar-refractivity contribution is 7.98. The Morgan fingerprint density at radius 1 is 1.20 bits per heavy atom. The Kier molecular flexibility index (Phi) is 5.16. The number of anilines is 2. The van der Waals surface area contributed by atoms with E-state index in [1.165, 1.54) is 11.8 Å². The highest BCUT2D eigenvalue weighted by Crippen LogP contribution is 2.17. The molecule has 2 aromatic rings. The maximum absolute atomic E-state index is 5.05. The van der Waals surface area contributed by atoms with Crippen LogP contribution in [0.2, 0.25) is 0 Å². The van der Waals surface area contributed by atoms with E-state index >= 15 is 0 Å². The summed E-state index contributed by atoms with van der Waals surface area (Å²) in [6.07, 6.45) is 2.99. The summed E-state index contributed by atoms with van der Waals surface area (Å²) in [7, 11) is 0. The van der Waals surface area contributed by atoms with Gasteiger partial charge in [-0.1, -0.05) is 23.8 Å². The molecule has 108 valence electrons.